The highest BCUT2D eigenvalue weighted by molar-refractivity contribution is 8.03. The van der Waals surface area contributed by atoms with Crippen molar-refractivity contribution in [2.45, 2.75) is 11.7 Å². The summed E-state index contributed by atoms with van der Waals surface area (Å²) < 4.78 is 4.64. The molecule has 1 aromatic carbocycles. The number of nitrogen functional groups attached to an aromatic ring is 1. The van der Waals surface area contributed by atoms with Gasteiger partial charge in [-0.25, -0.2) is 4.63 Å². The van der Waals surface area contributed by atoms with Gasteiger partial charge in [0, 0.05) is 0 Å². The first-order chi connectivity index (χ1) is 8.75. The third kappa shape index (κ3) is 1.82. The number of amides is 1. The molecule has 0 bridgehead atoms. The molecule has 1 aliphatic rings. The Hall–Kier alpha value is -2.02. The second kappa shape index (κ2) is 4.34. The van der Waals surface area contributed by atoms with E-state index in [1.807, 2.05) is 11.5 Å². The fraction of sp³-hybridized carbons (Fsp3) is 0.182. The van der Waals surface area contributed by atoms with Gasteiger partial charge in [-0.15, -0.1) is 11.8 Å². The van der Waals surface area contributed by atoms with Crippen LogP contribution in [0, 0.1) is 0 Å². The van der Waals surface area contributed by atoms with Gasteiger partial charge in [0.05, 0.1) is 16.6 Å². The summed E-state index contributed by atoms with van der Waals surface area (Å²) in [6, 6.07) is 3.37. The van der Waals surface area contributed by atoms with Gasteiger partial charge in [0.15, 0.2) is 11.0 Å². The topological polar surface area (TPSA) is 94.0 Å². The first-order valence-electron chi connectivity index (χ1n) is 5.38. The number of carbonyl (C=O) groups is 1. The Labute approximate surface area is 107 Å². The van der Waals surface area contributed by atoms with Crippen LogP contribution < -0.4 is 11.1 Å². The zero-order chi connectivity index (χ0) is 12.5. The standard InChI is InChI=1S/C11H10N4O2S/c12-6-3-4-7(10-9(6)14-17-15-10)13-11(16)8-2-1-5-18-8/h1,3-5,8H,2,12H2,(H,13,16). The maximum Gasteiger partial charge on any atom is 0.238 e. The Bertz CT molecular complexity index is 629. The average Bonchev–Trinajstić information content (AvgIpc) is 3.01. The summed E-state index contributed by atoms with van der Waals surface area (Å²) in [6.45, 7) is 0. The lowest BCUT2D eigenvalue weighted by molar-refractivity contribution is -0.115. The number of aromatic nitrogens is 2. The molecular formula is C11H10N4O2S. The maximum atomic E-state index is 12.0. The number of carbonyl (C=O) groups excluding carboxylic acids is 1. The zero-order valence-corrected chi connectivity index (χ0v) is 10.1. The molecule has 1 aromatic heterocycles. The highest BCUT2D eigenvalue weighted by Crippen LogP contribution is 2.28. The number of hydrogen-bond donors (Lipinski definition) is 2. The molecular weight excluding hydrogens is 252 g/mol. The molecule has 18 heavy (non-hydrogen) atoms. The Morgan fingerprint density at radius 1 is 1.44 bits per heavy atom. The average molecular weight is 262 g/mol. The molecule has 0 radical (unpaired) electrons. The molecule has 92 valence electrons. The van der Waals surface area contributed by atoms with E-state index in [9.17, 15) is 4.79 Å². The Morgan fingerprint density at radius 3 is 3.06 bits per heavy atom. The molecule has 6 nitrogen and oxygen atoms in total. The van der Waals surface area contributed by atoms with Gasteiger partial charge in [0.1, 0.15) is 0 Å². The number of nitrogens with one attached hydrogen (secondary N) is 1. The molecule has 1 amide bonds. The number of nitrogens with zero attached hydrogens (tertiary/aromatic N) is 2. The summed E-state index contributed by atoms with van der Waals surface area (Å²) in [5.41, 5.74) is 7.71. The highest BCUT2D eigenvalue weighted by Gasteiger charge is 2.21. The minimum absolute atomic E-state index is 0.0564. The monoisotopic (exact) mass is 262 g/mol. The van der Waals surface area contributed by atoms with E-state index >= 15 is 0 Å². The highest BCUT2D eigenvalue weighted by atomic mass is 32.2. The number of nitrogens with two attached hydrogens (primary N) is 1. The van der Waals surface area contributed by atoms with Gasteiger partial charge in [0.2, 0.25) is 5.91 Å². The largest absolute Gasteiger partial charge is 0.397 e. The summed E-state index contributed by atoms with van der Waals surface area (Å²) >= 11 is 1.50. The predicted molar refractivity (Wildman–Crippen MR) is 70.0 cm³/mol. The van der Waals surface area contributed by atoms with E-state index < -0.39 is 0 Å². The fourth-order valence-electron chi connectivity index (χ4n) is 1.75. The van der Waals surface area contributed by atoms with Crippen LogP contribution in [0.15, 0.2) is 28.2 Å². The number of hydrogen-bond acceptors (Lipinski definition) is 6. The molecule has 3 rings (SSSR count). The molecule has 2 aromatic rings. The number of anilines is 2. The molecule has 2 heterocycles. The van der Waals surface area contributed by atoms with Crippen molar-refractivity contribution >= 4 is 40.1 Å². The van der Waals surface area contributed by atoms with Crippen LogP contribution in [-0.4, -0.2) is 21.5 Å². The Balaban J connectivity index is 1.88. The van der Waals surface area contributed by atoms with Crippen LogP contribution in [0.25, 0.3) is 11.0 Å². The van der Waals surface area contributed by atoms with Gasteiger partial charge in [-0.1, -0.05) is 6.08 Å². The normalized spacial score (nSPS) is 18.3. The minimum atomic E-state index is -0.0857. The quantitative estimate of drug-likeness (QED) is 0.801. The van der Waals surface area contributed by atoms with Crippen LogP contribution >= 0.6 is 11.8 Å². The lowest BCUT2D eigenvalue weighted by atomic mass is 10.2. The van der Waals surface area contributed by atoms with E-state index in [-0.39, 0.29) is 11.2 Å². The second-order valence-corrected chi connectivity index (χ2v) is 5.00. The number of thioether (sulfide) groups is 1. The van der Waals surface area contributed by atoms with E-state index in [0.29, 0.717) is 22.4 Å². The van der Waals surface area contributed by atoms with Crippen LogP contribution in [0.1, 0.15) is 6.42 Å². The van der Waals surface area contributed by atoms with E-state index in [4.69, 9.17) is 5.73 Å². The van der Waals surface area contributed by atoms with E-state index in [1.54, 1.807) is 12.1 Å². The summed E-state index contributed by atoms with van der Waals surface area (Å²) in [5, 5.41) is 12.1. The van der Waals surface area contributed by atoms with Crippen LogP contribution in [0.3, 0.4) is 0 Å². The SMILES string of the molecule is Nc1ccc(NC(=O)C2CC=CS2)c2nonc12. The van der Waals surface area contributed by atoms with Crippen molar-refractivity contribution in [1.82, 2.24) is 10.3 Å². The second-order valence-electron chi connectivity index (χ2n) is 3.89. The van der Waals surface area contributed by atoms with Gasteiger partial charge in [-0.2, -0.15) is 0 Å². The van der Waals surface area contributed by atoms with E-state index in [2.05, 4.69) is 20.3 Å². The van der Waals surface area contributed by atoms with E-state index in [1.165, 1.54) is 11.8 Å². The van der Waals surface area contributed by atoms with Crippen molar-refractivity contribution in [2.24, 2.45) is 0 Å². The summed E-state index contributed by atoms with van der Waals surface area (Å²) in [6.07, 6.45) is 2.72. The van der Waals surface area contributed by atoms with Crippen molar-refractivity contribution in [1.29, 1.82) is 0 Å². The van der Waals surface area contributed by atoms with Gasteiger partial charge >= 0.3 is 0 Å². The van der Waals surface area contributed by atoms with Crippen LogP contribution in [0.2, 0.25) is 0 Å². The van der Waals surface area contributed by atoms with Crippen LogP contribution in [0.5, 0.6) is 0 Å². The first kappa shape index (κ1) is 11.1. The van der Waals surface area contributed by atoms with Crippen molar-refractivity contribution in [2.75, 3.05) is 11.1 Å². The summed E-state index contributed by atoms with van der Waals surface area (Å²) in [7, 11) is 0. The Kier molecular flexibility index (Phi) is 2.67. The molecule has 7 heteroatoms. The van der Waals surface area contributed by atoms with Gasteiger partial charge in [-0.05, 0) is 34.3 Å². The number of allylic oxidation sites excluding steroid dienone is 1. The van der Waals surface area contributed by atoms with Gasteiger partial charge in [-0.3, -0.25) is 4.79 Å². The van der Waals surface area contributed by atoms with Gasteiger partial charge < -0.3 is 11.1 Å². The third-order valence-corrected chi connectivity index (χ3v) is 3.77. The molecule has 3 N–H and O–H groups in total. The molecule has 0 aliphatic carbocycles. The van der Waals surface area contributed by atoms with E-state index in [0.717, 1.165) is 6.42 Å². The fourth-order valence-corrected chi connectivity index (χ4v) is 2.57. The molecule has 1 atom stereocenters. The third-order valence-electron chi connectivity index (χ3n) is 2.69. The molecule has 0 saturated carbocycles. The lowest BCUT2D eigenvalue weighted by Gasteiger charge is -2.10. The van der Waals surface area contributed by atoms with Gasteiger partial charge in [0.25, 0.3) is 0 Å². The smallest absolute Gasteiger partial charge is 0.238 e. The Morgan fingerprint density at radius 2 is 2.28 bits per heavy atom. The molecule has 0 spiro atoms. The summed E-state index contributed by atoms with van der Waals surface area (Å²) in [4.78, 5) is 12.0. The molecule has 0 fully saturated rings. The van der Waals surface area contributed by atoms with Crippen molar-refractivity contribution in [3.8, 4) is 0 Å². The summed E-state index contributed by atoms with van der Waals surface area (Å²) in [5.74, 6) is -0.0564. The number of fused-ring (bicyclic) bond motifs is 1. The molecule has 0 saturated heterocycles. The van der Waals surface area contributed by atoms with Crippen LogP contribution in [-0.2, 0) is 4.79 Å². The minimum Gasteiger partial charge on any atom is -0.397 e. The lowest BCUT2D eigenvalue weighted by Crippen LogP contribution is -2.23. The van der Waals surface area contributed by atoms with Crippen molar-refractivity contribution in [3.63, 3.8) is 0 Å². The molecule has 1 unspecified atom stereocenters. The first-order valence-corrected chi connectivity index (χ1v) is 6.32. The number of rotatable bonds is 2. The predicted octanol–water partition coefficient (Wildman–Crippen LogP) is 1.76. The van der Waals surface area contributed by atoms with Crippen LogP contribution in [0.4, 0.5) is 11.4 Å². The molecule has 1 aliphatic heterocycles. The van der Waals surface area contributed by atoms with Crippen molar-refractivity contribution < 1.29 is 9.42 Å². The maximum absolute atomic E-state index is 12.0. The zero-order valence-electron chi connectivity index (χ0n) is 9.29. The van der Waals surface area contributed by atoms with Crippen molar-refractivity contribution in [3.05, 3.63) is 23.6 Å². The number of benzene rings is 1.